The molecule has 0 spiro atoms. The summed E-state index contributed by atoms with van der Waals surface area (Å²) in [6, 6.07) is 17.5. The van der Waals surface area contributed by atoms with Crippen molar-refractivity contribution < 1.29 is 33.8 Å². The van der Waals surface area contributed by atoms with Gasteiger partial charge in [-0.15, -0.1) is 0 Å². The second-order valence-electron chi connectivity index (χ2n) is 9.66. The van der Waals surface area contributed by atoms with Gasteiger partial charge in [-0.3, -0.25) is 19.3 Å². The molecule has 9 nitrogen and oxygen atoms in total. The molecule has 0 aromatic heterocycles. The molecule has 2 heterocycles. The van der Waals surface area contributed by atoms with E-state index in [1.807, 2.05) is 24.3 Å². The Morgan fingerprint density at radius 3 is 2.60 bits per heavy atom. The van der Waals surface area contributed by atoms with Crippen molar-refractivity contribution in [2.45, 2.75) is 26.5 Å². The summed E-state index contributed by atoms with van der Waals surface area (Å²) in [6.07, 6.45) is 2.25. The number of carboxylic acids is 1. The summed E-state index contributed by atoms with van der Waals surface area (Å²) in [5.41, 5.74) is 3.54. The Kier molecular flexibility index (Phi) is 8.84. The molecule has 3 aromatic rings. The number of rotatable bonds is 9. The molecule has 11 heteroatoms. The molecule has 1 fully saturated rings. The Balaban J connectivity index is 1.29. The number of fused-ring (bicyclic) bond motifs is 1. The van der Waals surface area contributed by atoms with E-state index in [-0.39, 0.29) is 40.3 Å². The van der Waals surface area contributed by atoms with Crippen molar-refractivity contribution in [3.8, 4) is 11.5 Å². The zero-order chi connectivity index (χ0) is 29.8. The Bertz CT molecular complexity index is 1610. The van der Waals surface area contributed by atoms with Gasteiger partial charge in [-0.05, 0) is 77.7 Å². The van der Waals surface area contributed by atoms with Crippen LogP contribution < -0.4 is 9.47 Å². The molecule has 1 saturated heterocycles. The van der Waals surface area contributed by atoms with Gasteiger partial charge in [-0.25, -0.2) is 4.79 Å². The van der Waals surface area contributed by atoms with Crippen molar-refractivity contribution in [3.05, 3.63) is 98.4 Å². The third-order valence-corrected chi connectivity index (χ3v) is 8.03. The minimum atomic E-state index is -1.04. The molecule has 0 unspecified atom stereocenters. The first-order valence-corrected chi connectivity index (χ1v) is 14.4. The van der Waals surface area contributed by atoms with Gasteiger partial charge in [0.15, 0.2) is 11.5 Å². The standard InChI is InChI=1S/C31H27ClN2O7S/c1-2-40-25-14-20(13-24(32)28(25)41-18-19-6-5-9-22(12-19)30(37)38)15-26-29(36)34(31(39)42-26)17-27(35)33-11-10-21-7-3-4-8-23(21)16-33/h3-9,12-15H,2,10-11,16-18H2,1H3,(H,37,38)/b26-15-. The van der Waals surface area contributed by atoms with Crippen molar-refractivity contribution in [2.24, 2.45) is 0 Å². The zero-order valence-electron chi connectivity index (χ0n) is 22.7. The quantitative estimate of drug-likeness (QED) is 0.312. The summed E-state index contributed by atoms with van der Waals surface area (Å²) in [4.78, 5) is 53.0. The highest BCUT2D eigenvalue weighted by Gasteiger charge is 2.37. The lowest BCUT2D eigenvalue weighted by Crippen LogP contribution is -2.44. The van der Waals surface area contributed by atoms with E-state index in [0.717, 1.165) is 28.6 Å². The molecule has 5 rings (SSSR count). The normalized spacial score (nSPS) is 15.6. The topological polar surface area (TPSA) is 113 Å². The van der Waals surface area contributed by atoms with Gasteiger partial charge in [0, 0.05) is 13.1 Å². The molecule has 0 bridgehead atoms. The molecule has 0 radical (unpaired) electrons. The SMILES string of the molecule is CCOc1cc(/C=C2\SC(=O)N(CC(=O)N3CCc4ccccc4C3)C2=O)cc(Cl)c1OCc1cccc(C(=O)O)c1. The predicted octanol–water partition coefficient (Wildman–Crippen LogP) is 5.64. The van der Waals surface area contributed by atoms with Gasteiger partial charge in [0.2, 0.25) is 5.91 Å². The van der Waals surface area contributed by atoms with Crippen LogP contribution in [-0.2, 0) is 29.2 Å². The lowest BCUT2D eigenvalue weighted by molar-refractivity contribution is -0.136. The van der Waals surface area contributed by atoms with Crippen LogP contribution in [-0.4, -0.2) is 57.6 Å². The first-order valence-electron chi connectivity index (χ1n) is 13.2. The molecule has 0 aliphatic carbocycles. The van der Waals surface area contributed by atoms with E-state index in [2.05, 4.69) is 0 Å². The highest BCUT2D eigenvalue weighted by Crippen LogP contribution is 2.39. The van der Waals surface area contributed by atoms with Crippen molar-refractivity contribution in [3.63, 3.8) is 0 Å². The second kappa shape index (κ2) is 12.7. The summed E-state index contributed by atoms with van der Waals surface area (Å²) in [5.74, 6) is -1.29. The van der Waals surface area contributed by atoms with Gasteiger partial charge in [0.1, 0.15) is 13.2 Å². The maximum absolute atomic E-state index is 13.1. The van der Waals surface area contributed by atoms with Crippen molar-refractivity contribution in [1.29, 1.82) is 0 Å². The van der Waals surface area contributed by atoms with Crippen LogP contribution >= 0.6 is 23.4 Å². The lowest BCUT2D eigenvalue weighted by Gasteiger charge is -2.29. The minimum absolute atomic E-state index is 0.0514. The number of hydrogen-bond acceptors (Lipinski definition) is 7. The van der Waals surface area contributed by atoms with Gasteiger partial charge in [-0.2, -0.15) is 0 Å². The van der Waals surface area contributed by atoms with Crippen molar-refractivity contribution in [1.82, 2.24) is 9.80 Å². The van der Waals surface area contributed by atoms with E-state index in [0.29, 0.717) is 36.6 Å². The number of benzene rings is 3. The van der Waals surface area contributed by atoms with Gasteiger partial charge in [-0.1, -0.05) is 48.0 Å². The van der Waals surface area contributed by atoms with Gasteiger partial charge >= 0.3 is 5.97 Å². The molecule has 0 atom stereocenters. The summed E-state index contributed by atoms with van der Waals surface area (Å²) < 4.78 is 11.6. The average molecular weight is 607 g/mol. The van der Waals surface area contributed by atoms with Crippen LogP contribution in [0.1, 0.15) is 39.5 Å². The van der Waals surface area contributed by atoms with Crippen LogP contribution in [0.3, 0.4) is 0 Å². The third kappa shape index (κ3) is 6.45. The summed E-state index contributed by atoms with van der Waals surface area (Å²) >= 11 is 7.30. The summed E-state index contributed by atoms with van der Waals surface area (Å²) in [6.45, 7) is 2.80. The number of hydrogen-bond donors (Lipinski definition) is 1. The number of aromatic carboxylic acids is 1. The van der Waals surface area contributed by atoms with E-state index in [1.54, 1.807) is 36.1 Å². The molecule has 2 aliphatic rings. The van der Waals surface area contributed by atoms with E-state index < -0.39 is 17.1 Å². The summed E-state index contributed by atoms with van der Waals surface area (Å²) in [7, 11) is 0. The van der Waals surface area contributed by atoms with E-state index >= 15 is 0 Å². The molecule has 3 amide bonds. The number of carbonyl (C=O) groups excluding carboxylic acids is 3. The fourth-order valence-electron chi connectivity index (χ4n) is 4.76. The molecule has 1 N–H and O–H groups in total. The van der Waals surface area contributed by atoms with Gasteiger partial charge in [0.05, 0.1) is 22.1 Å². The van der Waals surface area contributed by atoms with Crippen LogP contribution in [0.5, 0.6) is 11.5 Å². The van der Waals surface area contributed by atoms with E-state index in [4.69, 9.17) is 21.1 Å². The van der Waals surface area contributed by atoms with Gasteiger partial charge < -0.3 is 19.5 Å². The number of amides is 3. The highest BCUT2D eigenvalue weighted by molar-refractivity contribution is 8.18. The Hall–Kier alpha value is -4.28. The molecule has 3 aromatic carbocycles. The van der Waals surface area contributed by atoms with E-state index in [1.165, 1.54) is 23.8 Å². The molecular formula is C31H27ClN2O7S. The van der Waals surface area contributed by atoms with Crippen LogP contribution in [0.2, 0.25) is 5.02 Å². The largest absolute Gasteiger partial charge is 0.490 e. The molecule has 0 saturated carbocycles. The Morgan fingerprint density at radius 1 is 1.05 bits per heavy atom. The van der Waals surface area contributed by atoms with Crippen molar-refractivity contribution >= 4 is 52.5 Å². The van der Waals surface area contributed by atoms with Crippen LogP contribution in [0.4, 0.5) is 4.79 Å². The zero-order valence-corrected chi connectivity index (χ0v) is 24.2. The predicted molar refractivity (Wildman–Crippen MR) is 159 cm³/mol. The average Bonchev–Trinajstić information content (AvgIpc) is 3.23. The Labute approximate surface area is 251 Å². The summed E-state index contributed by atoms with van der Waals surface area (Å²) in [5, 5.41) is 8.92. The molecular weight excluding hydrogens is 580 g/mol. The number of nitrogens with zero attached hydrogens (tertiary/aromatic N) is 2. The fourth-order valence-corrected chi connectivity index (χ4v) is 5.87. The molecule has 2 aliphatic heterocycles. The van der Waals surface area contributed by atoms with Crippen LogP contribution in [0, 0.1) is 0 Å². The number of carboxylic acid groups (broad SMARTS) is 1. The monoisotopic (exact) mass is 606 g/mol. The molecule has 216 valence electrons. The maximum atomic E-state index is 13.1. The number of thioether (sulfide) groups is 1. The number of carbonyl (C=O) groups is 4. The smallest absolute Gasteiger partial charge is 0.335 e. The Morgan fingerprint density at radius 2 is 1.83 bits per heavy atom. The minimum Gasteiger partial charge on any atom is -0.490 e. The highest BCUT2D eigenvalue weighted by atomic mass is 35.5. The maximum Gasteiger partial charge on any atom is 0.335 e. The van der Waals surface area contributed by atoms with Gasteiger partial charge in [0.25, 0.3) is 11.1 Å². The molecule has 42 heavy (non-hydrogen) atoms. The van der Waals surface area contributed by atoms with Crippen LogP contribution in [0.25, 0.3) is 6.08 Å². The number of imide groups is 1. The van der Waals surface area contributed by atoms with Crippen molar-refractivity contribution in [2.75, 3.05) is 19.7 Å². The van der Waals surface area contributed by atoms with Crippen LogP contribution in [0.15, 0.2) is 65.6 Å². The number of ether oxygens (including phenoxy) is 2. The fraction of sp³-hybridized carbons (Fsp3) is 0.226. The first-order chi connectivity index (χ1) is 20.2. The van der Waals surface area contributed by atoms with E-state index in [9.17, 15) is 24.3 Å². The number of halogens is 1. The first kappa shape index (κ1) is 29.2. The lowest BCUT2D eigenvalue weighted by atomic mass is 10.00. The second-order valence-corrected chi connectivity index (χ2v) is 11.1. The third-order valence-electron chi connectivity index (χ3n) is 6.84.